The molecule has 0 bridgehead atoms. The third-order valence-electron chi connectivity index (χ3n) is 4.18. The van der Waals surface area contributed by atoms with Crippen molar-refractivity contribution in [2.45, 2.75) is 12.6 Å². The molecule has 0 radical (unpaired) electrons. The molecule has 0 aliphatic carbocycles. The molecule has 3 rings (SSSR count). The zero-order valence-corrected chi connectivity index (χ0v) is 15.0. The second-order valence-corrected chi connectivity index (χ2v) is 6.07. The van der Waals surface area contributed by atoms with Crippen LogP contribution in [0.25, 0.3) is 0 Å². The van der Waals surface area contributed by atoms with Crippen molar-refractivity contribution in [2.75, 3.05) is 12.4 Å². The molecule has 3 aromatic rings. The SMILES string of the molecule is COc1ccc(CN[C@@H](C(=O)Nc2ccc(F)cc2)c2ccccc2)cc1. The molecule has 0 spiro atoms. The largest absolute Gasteiger partial charge is 0.497 e. The van der Waals surface area contributed by atoms with Crippen molar-refractivity contribution in [1.29, 1.82) is 0 Å². The summed E-state index contributed by atoms with van der Waals surface area (Å²) in [5.41, 5.74) is 2.44. The number of hydrogen-bond donors (Lipinski definition) is 2. The Balaban J connectivity index is 1.74. The molecule has 0 aromatic heterocycles. The Bertz CT molecular complexity index is 865. The van der Waals surface area contributed by atoms with E-state index in [1.165, 1.54) is 12.1 Å². The van der Waals surface area contributed by atoms with E-state index in [1.807, 2.05) is 54.6 Å². The highest BCUT2D eigenvalue weighted by Crippen LogP contribution is 2.18. The fraction of sp³-hybridized carbons (Fsp3) is 0.136. The van der Waals surface area contributed by atoms with Gasteiger partial charge in [0.05, 0.1) is 7.11 Å². The van der Waals surface area contributed by atoms with E-state index in [4.69, 9.17) is 4.74 Å². The third-order valence-corrected chi connectivity index (χ3v) is 4.18. The lowest BCUT2D eigenvalue weighted by Gasteiger charge is -2.19. The van der Waals surface area contributed by atoms with Crippen LogP contribution in [-0.4, -0.2) is 13.0 Å². The van der Waals surface area contributed by atoms with Crippen molar-refractivity contribution in [3.05, 3.63) is 95.8 Å². The van der Waals surface area contributed by atoms with Gasteiger partial charge in [-0.1, -0.05) is 42.5 Å². The van der Waals surface area contributed by atoms with Crippen LogP contribution in [-0.2, 0) is 11.3 Å². The second kappa shape index (κ2) is 8.96. The summed E-state index contributed by atoms with van der Waals surface area (Å²) < 4.78 is 18.2. The van der Waals surface area contributed by atoms with Crippen LogP contribution < -0.4 is 15.4 Å². The minimum atomic E-state index is -0.543. The Kier molecular flexibility index (Phi) is 6.18. The minimum Gasteiger partial charge on any atom is -0.497 e. The molecule has 1 atom stereocenters. The summed E-state index contributed by atoms with van der Waals surface area (Å²) in [6.45, 7) is 0.514. The molecule has 0 aliphatic rings. The third kappa shape index (κ3) is 5.15. The van der Waals surface area contributed by atoms with Gasteiger partial charge in [-0.25, -0.2) is 4.39 Å². The Morgan fingerprint density at radius 3 is 2.26 bits per heavy atom. The van der Waals surface area contributed by atoms with Gasteiger partial charge in [0, 0.05) is 12.2 Å². The number of ether oxygens (including phenoxy) is 1. The monoisotopic (exact) mass is 364 g/mol. The molecule has 0 saturated heterocycles. The van der Waals surface area contributed by atoms with E-state index in [0.717, 1.165) is 16.9 Å². The smallest absolute Gasteiger partial charge is 0.246 e. The van der Waals surface area contributed by atoms with Crippen molar-refractivity contribution in [2.24, 2.45) is 0 Å². The van der Waals surface area contributed by atoms with Gasteiger partial charge in [-0.15, -0.1) is 0 Å². The van der Waals surface area contributed by atoms with Gasteiger partial charge in [0.15, 0.2) is 0 Å². The predicted molar refractivity (Wildman–Crippen MR) is 104 cm³/mol. The fourth-order valence-corrected chi connectivity index (χ4v) is 2.72. The van der Waals surface area contributed by atoms with E-state index in [-0.39, 0.29) is 11.7 Å². The molecule has 0 unspecified atom stereocenters. The molecule has 5 heteroatoms. The van der Waals surface area contributed by atoms with Crippen molar-refractivity contribution >= 4 is 11.6 Å². The first-order chi connectivity index (χ1) is 13.2. The molecule has 138 valence electrons. The minimum absolute atomic E-state index is 0.207. The Morgan fingerprint density at radius 2 is 1.63 bits per heavy atom. The summed E-state index contributed by atoms with van der Waals surface area (Å²) in [4.78, 5) is 12.8. The number of rotatable bonds is 7. The van der Waals surface area contributed by atoms with Gasteiger partial charge in [0.2, 0.25) is 5.91 Å². The average molecular weight is 364 g/mol. The highest BCUT2D eigenvalue weighted by atomic mass is 19.1. The molecule has 1 amide bonds. The molecule has 27 heavy (non-hydrogen) atoms. The van der Waals surface area contributed by atoms with Crippen LogP contribution in [0.5, 0.6) is 5.75 Å². The summed E-state index contributed by atoms with van der Waals surface area (Å²) in [6, 6.07) is 22.3. The Labute approximate surface area is 158 Å². The Morgan fingerprint density at radius 1 is 0.963 bits per heavy atom. The lowest BCUT2D eigenvalue weighted by atomic mass is 10.1. The first-order valence-corrected chi connectivity index (χ1v) is 8.63. The number of halogens is 1. The first-order valence-electron chi connectivity index (χ1n) is 8.63. The zero-order chi connectivity index (χ0) is 19.1. The van der Waals surface area contributed by atoms with Gasteiger partial charge in [0.1, 0.15) is 17.6 Å². The first kappa shape index (κ1) is 18.6. The molecule has 0 aliphatic heterocycles. The molecule has 3 aromatic carbocycles. The van der Waals surface area contributed by atoms with Gasteiger partial charge in [-0.2, -0.15) is 0 Å². The van der Waals surface area contributed by atoms with Crippen molar-refractivity contribution in [1.82, 2.24) is 5.32 Å². The Hall–Kier alpha value is -3.18. The molecule has 2 N–H and O–H groups in total. The van der Waals surface area contributed by atoms with Crippen LogP contribution in [0.2, 0.25) is 0 Å². The second-order valence-electron chi connectivity index (χ2n) is 6.07. The quantitative estimate of drug-likeness (QED) is 0.657. The van der Waals surface area contributed by atoms with E-state index >= 15 is 0 Å². The number of carbonyl (C=O) groups is 1. The normalized spacial score (nSPS) is 11.6. The summed E-state index contributed by atoms with van der Waals surface area (Å²) in [5, 5.41) is 6.13. The number of methoxy groups -OCH3 is 1. The number of benzene rings is 3. The maximum Gasteiger partial charge on any atom is 0.246 e. The summed E-state index contributed by atoms with van der Waals surface area (Å²) in [6.07, 6.45) is 0. The average Bonchev–Trinajstić information content (AvgIpc) is 2.71. The maximum atomic E-state index is 13.1. The van der Waals surface area contributed by atoms with Gasteiger partial charge < -0.3 is 10.1 Å². The van der Waals surface area contributed by atoms with Gasteiger partial charge in [-0.3, -0.25) is 10.1 Å². The van der Waals surface area contributed by atoms with Crippen LogP contribution in [0, 0.1) is 5.82 Å². The molecular formula is C22H21FN2O2. The number of amides is 1. The van der Waals surface area contributed by atoms with Crippen molar-refractivity contribution in [3.63, 3.8) is 0 Å². The molecule has 0 fully saturated rings. The standard InChI is InChI=1S/C22H21FN2O2/c1-27-20-13-7-16(8-14-20)15-24-21(17-5-3-2-4-6-17)22(26)25-19-11-9-18(23)10-12-19/h2-14,21,24H,15H2,1H3,(H,25,26)/t21-/m1/s1. The van der Waals surface area contributed by atoms with E-state index in [2.05, 4.69) is 10.6 Å². The van der Waals surface area contributed by atoms with Gasteiger partial charge in [0.25, 0.3) is 0 Å². The summed E-state index contributed by atoms with van der Waals surface area (Å²) >= 11 is 0. The highest BCUT2D eigenvalue weighted by molar-refractivity contribution is 5.95. The number of anilines is 1. The summed E-state index contributed by atoms with van der Waals surface area (Å²) in [7, 11) is 1.62. The van der Waals surface area contributed by atoms with Gasteiger partial charge in [-0.05, 0) is 47.5 Å². The van der Waals surface area contributed by atoms with E-state index < -0.39 is 6.04 Å². The van der Waals surface area contributed by atoms with E-state index in [9.17, 15) is 9.18 Å². The van der Waals surface area contributed by atoms with Crippen LogP contribution in [0.1, 0.15) is 17.2 Å². The topological polar surface area (TPSA) is 50.4 Å². The van der Waals surface area contributed by atoms with E-state index in [0.29, 0.717) is 12.2 Å². The fourth-order valence-electron chi connectivity index (χ4n) is 2.72. The van der Waals surface area contributed by atoms with Crippen LogP contribution in [0.4, 0.5) is 10.1 Å². The van der Waals surface area contributed by atoms with Crippen molar-refractivity contribution in [3.8, 4) is 5.75 Å². The van der Waals surface area contributed by atoms with Crippen molar-refractivity contribution < 1.29 is 13.9 Å². The summed E-state index contributed by atoms with van der Waals surface area (Å²) in [5.74, 6) is 0.235. The van der Waals surface area contributed by atoms with E-state index in [1.54, 1.807) is 19.2 Å². The van der Waals surface area contributed by atoms with Crippen LogP contribution >= 0.6 is 0 Å². The van der Waals surface area contributed by atoms with Crippen LogP contribution in [0.3, 0.4) is 0 Å². The lowest BCUT2D eigenvalue weighted by molar-refractivity contribution is -0.118. The lowest BCUT2D eigenvalue weighted by Crippen LogP contribution is -2.32. The maximum absolute atomic E-state index is 13.1. The number of carbonyl (C=O) groups excluding carboxylic acids is 1. The number of nitrogens with one attached hydrogen (secondary N) is 2. The van der Waals surface area contributed by atoms with Crippen LogP contribution in [0.15, 0.2) is 78.9 Å². The molecule has 0 saturated carbocycles. The molecule has 4 nitrogen and oxygen atoms in total. The highest BCUT2D eigenvalue weighted by Gasteiger charge is 2.20. The van der Waals surface area contributed by atoms with Gasteiger partial charge >= 0.3 is 0 Å². The zero-order valence-electron chi connectivity index (χ0n) is 15.0. The molecule has 0 heterocycles. The number of hydrogen-bond acceptors (Lipinski definition) is 3. The molecular weight excluding hydrogens is 343 g/mol. The predicted octanol–water partition coefficient (Wildman–Crippen LogP) is 4.30.